The molecule has 1 aliphatic heterocycles. The van der Waals surface area contributed by atoms with E-state index in [0.717, 1.165) is 26.1 Å². The van der Waals surface area contributed by atoms with Crippen LogP contribution in [0.25, 0.3) is 0 Å². The zero-order valence-electron chi connectivity index (χ0n) is 12.1. The summed E-state index contributed by atoms with van der Waals surface area (Å²) in [7, 11) is -3.44. The second kappa shape index (κ2) is 6.11. The molecule has 1 fully saturated rings. The SMILES string of the molecule is CCN1CCC(CNS(=O)(=O)c2ccc(N)cc2C)C1. The summed E-state index contributed by atoms with van der Waals surface area (Å²) in [5, 5.41) is 0. The lowest BCUT2D eigenvalue weighted by Crippen LogP contribution is -2.31. The standard InChI is InChI=1S/C14H23N3O2S/c1-3-17-7-6-12(10-17)9-16-20(18,19)14-5-4-13(15)8-11(14)2/h4-5,8,12,16H,3,6-7,9-10,15H2,1-2H3. The van der Waals surface area contributed by atoms with Gasteiger partial charge in [-0.05, 0) is 56.1 Å². The normalized spacial score (nSPS) is 20.4. The van der Waals surface area contributed by atoms with Gasteiger partial charge in [-0.15, -0.1) is 0 Å². The van der Waals surface area contributed by atoms with Crippen molar-refractivity contribution in [2.75, 3.05) is 31.9 Å². The number of likely N-dealkylation sites (tertiary alicyclic amines) is 1. The summed E-state index contributed by atoms with van der Waals surface area (Å²) in [6.07, 6.45) is 1.05. The Labute approximate surface area is 121 Å². The lowest BCUT2D eigenvalue weighted by molar-refractivity contribution is 0.342. The molecule has 0 radical (unpaired) electrons. The Bertz CT molecular complexity index is 572. The minimum Gasteiger partial charge on any atom is -0.399 e. The van der Waals surface area contributed by atoms with Crippen molar-refractivity contribution in [2.45, 2.75) is 25.2 Å². The monoisotopic (exact) mass is 297 g/mol. The predicted molar refractivity (Wildman–Crippen MR) is 81.0 cm³/mol. The summed E-state index contributed by atoms with van der Waals surface area (Å²) in [6.45, 7) is 7.45. The molecule has 112 valence electrons. The van der Waals surface area contributed by atoms with E-state index < -0.39 is 10.0 Å². The van der Waals surface area contributed by atoms with Crippen LogP contribution in [-0.2, 0) is 10.0 Å². The van der Waals surface area contributed by atoms with Crippen molar-refractivity contribution < 1.29 is 8.42 Å². The summed E-state index contributed by atoms with van der Waals surface area (Å²) in [5.74, 6) is 0.402. The maximum Gasteiger partial charge on any atom is 0.240 e. The number of hydrogen-bond donors (Lipinski definition) is 2. The smallest absolute Gasteiger partial charge is 0.240 e. The van der Waals surface area contributed by atoms with Gasteiger partial charge in [-0.2, -0.15) is 0 Å². The van der Waals surface area contributed by atoms with E-state index in [4.69, 9.17) is 5.73 Å². The molecular formula is C14H23N3O2S. The number of hydrogen-bond acceptors (Lipinski definition) is 4. The molecule has 1 saturated heterocycles. The predicted octanol–water partition coefficient (Wildman–Crippen LogP) is 1.20. The Kier molecular flexibility index (Phi) is 4.67. The molecule has 20 heavy (non-hydrogen) atoms. The first-order valence-corrected chi connectivity index (χ1v) is 8.49. The van der Waals surface area contributed by atoms with Crippen LogP contribution < -0.4 is 10.5 Å². The molecule has 1 aromatic carbocycles. The van der Waals surface area contributed by atoms with Crippen LogP contribution >= 0.6 is 0 Å². The first-order chi connectivity index (χ1) is 9.42. The van der Waals surface area contributed by atoms with Gasteiger partial charge < -0.3 is 10.6 Å². The fourth-order valence-electron chi connectivity index (χ4n) is 2.65. The number of aryl methyl sites for hydroxylation is 1. The summed E-state index contributed by atoms with van der Waals surface area (Å²) >= 11 is 0. The molecule has 1 aromatic rings. The highest BCUT2D eigenvalue weighted by atomic mass is 32.2. The zero-order valence-corrected chi connectivity index (χ0v) is 12.9. The van der Waals surface area contributed by atoms with Crippen LogP contribution in [-0.4, -0.2) is 39.5 Å². The van der Waals surface area contributed by atoms with Crippen LogP contribution in [0, 0.1) is 12.8 Å². The number of nitrogens with two attached hydrogens (primary N) is 1. The Morgan fingerprint density at radius 3 is 2.80 bits per heavy atom. The summed E-state index contributed by atoms with van der Waals surface area (Å²) in [6, 6.07) is 4.87. The van der Waals surface area contributed by atoms with Crippen molar-refractivity contribution in [1.82, 2.24) is 9.62 Å². The van der Waals surface area contributed by atoms with E-state index in [9.17, 15) is 8.42 Å². The van der Waals surface area contributed by atoms with E-state index in [0.29, 0.717) is 28.6 Å². The minimum absolute atomic E-state index is 0.317. The zero-order chi connectivity index (χ0) is 14.8. The van der Waals surface area contributed by atoms with E-state index in [1.165, 1.54) is 0 Å². The second-order valence-corrected chi connectivity index (χ2v) is 7.16. The largest absolute Gasteiger partial charge is 0.399 e. The first kappa shape index (κ1) is 15.3. The van der Waals surface area contributed by atoms with E-state index in [-0.39, 0.29) is 0 Å². The first-order valence-electron chi connectivity index (χ1n) is 7.00. The number of nitrogen functional groups attached to an aromatic ring is 1. The molecule has 0 bridgehead atoms. The van der Waals surface area contributed by atoms with Crippen LogP contribution in [0.4, 0.5) is 5.69 Å². The van der Waals surface area contributed by atoms with Gasteiger partial charge in [0.1, 0.15) is 0 Å². The van der Waals surface area contributed by atoms with E-state index in [2.05, 4.69) is 16.5 Å². The summed E-state index contributed by atoms with van der Waals surface area (Å²) in [5.41, 5.74) is 6.91. The quantitative estimate of drug-likeness (QED) is 0.801. The van der Waals surface area contributed by atoms with Crippen molar-refractivity contribution >= 4 is 15.7 Å². The lowest BCUT2D eigenvalue weighted by Gasteiger charge is -2.15. The highest BCUT2D eigenvalue weighted by Crippen LogP contribution is 2.19. The topological polar surface area (TPSA) is 75.4 Å². The number of sulfonamides is 1. The third-order valence-electron chi connectivity index (χ3n) is 3.87. The van der Waals surface area contributed by atoms with Gasteiger partial charge >= 0.3 is 0 Å². The molecule has 1 heterocycles. The lowest BCUT2D eigenvalue weighted by atomic mass is 10.1. The highest BCUT2D eigenvalue weighted by molar-refractivity contribution is 7.89. The third-order valence-corrected chi connectivity index (χ3v) is 5.45. The van der Waals surface area contributed by atoms with Gasteiger partial charge in [-0.3, -0.25) is 0 Å². The van der Waals surface area contributed by atoms with Crippen LogP contribution in [0.1, 0.15) is 18.9 Å². The second-order valence-electron chi connectivity index (χ2n) is 5.42. The maximum atomic E-state index is 12.3. The van der Waals surface area contributed by atoms with Gasteiger partial charge in [0.15, 0.2) is 0 Å². The third kappa shape index (κ3) is 3.50. The molecule has 0 aliphatic carbocycles. The van der Waals surface area contributed by atoms with Gasteiger partial charge in [-0.25, -0.2) is 13.1 Å². The molecule has 3 N–H and O–H groups in total. The fourth-order valence-corrected chi connectivity index (χ4v) is 3.99. The molecular weight excluding hydrogens is 274 g/mol. The van der Waals surface area contributed by atoms with Crippen molar-refractivity contribution in [2.24, 2.45) is 5.92 Å². The van der Waals surface area contributed by atoms with Crippen LogP contribution in [0.2, 0.25) is 0 Å². The molecule has 1 unspecified atom stereocenters. The van der Waals surface area contributed by atoms with Gasteiger partial charge in [0.05, 0.1) is 4.90 Å². The van der Waals surface area contributed by atoms with Gasteiger partial charge in [-0.1, -0.05) is 6.92 Å². The van der Waals surface area contributed by atoms with E-state index in [1.807, 2.05) is 0 Å². The Balaban J connectivity index is 2.01. The molecule has 1 atom stereocenters. The van der Waals surface area contributed by atoms with E-state index >= 15 is 0 Å². The molecule has 2 rings (SSSR count). The van der Waals surface area contributed by atoms with Crippen LogP contribution in [0.15, 0.2) is 23.1 Å². The van der Waals surface area contributed by atoms with Crippen molar-refractivity contribution in [3.05, 3.63) is 23.8 Å². The number of nitrogens with zero attached hydrogens (tertiary/aromatic N) is 1. The molecule has 6 heteroatoms. The Morgan fingerprint density at radius 1 is 1.45 bits per heavy atom. The number of rotatable bonds is 5. The summed E-state index contributed by atoms with van der Waals surface area (Å²) < 4.78 is 27.3. The average molecular weight is 297 g/mol. The average Bonchev–Trinajstić information content (AvgIpc) is 2.84. The Hall–Kier alpha value is -1.11. The molecule has 0 saturated carbocycles. The minimum atomic E-state index is -3.44. The number of nitrogens with one attached hydrogen (secondary N) is 1. The molecule has 0 spiro atoms. The van der Waals surface area contributed by atoms with Crippen molar-refractivity contribution in [3.63, 3.8) is 0 Å². The Morgan fingerprint density at radius 2 is 2.20 bits per heavy atom. The van der Waals surface area contributed by atoms with Crippen LogP contribution in [0.3, 0.4) is 0 Å². The molecule has 0 amide bonds. The highest BCUT2D eigenvalue weighted by Gasteiger charge is 2.24. The van der Waals surface area contributed by atoms with Crippen molar-refractivity contribution in [3.8, 4) is 0 Å². The molecule has 0 aromatic heterocycles. The molecule has 5 nitrogen and oxygen atoms in total. The van der Waals surface area contributed by atoms with Crippen molar-refractivity contribution in [1.29, 1.82) is 0 Å². The maximum absolute atomic E-state index is 12.3. The molecule has 1 aliphatic rings. The van der Waals surface area contributed by atoms with E-state index in [1.54, 1.807) is 25.1 Å². The van der Waals surface area contributed by atoms with Gasteiger partial charge in [0, 0.05) is 18.8 Å². The van der Waals surface area contributed by atoms with Gasteiger partial charge in [0.25, 0.3) is 0 Å². The van der Waals surface area contributed by atoms with Crippen LogP contribution in [0.5, 0.6) is 0 Å². The number of anilines is 1. The number of benzene rings is 1. The summed E-state index contributed by atoms with van der Waals surface area (Å²) in [4.78, 5) is 2.66. The fraction of sp³-hybridized carbons (Fsp3) is 0.571. The van der Waals surface area contributed by atoms with Gasteiger partial charge in [0.2, 0.25) is 10.0 Å².